The molecule has 2 N–H and O–H groups in total. The van der Waals surface area contributed by atoms with Gasteiger partial charge in [-0.2, -0.15) is 0 Å². The summed E-state index contributed by atoms with van der Waals surface area (Å²) in [4.78, 5) is 2.62. The fraction of sp³-hybridized carbons (Fsp3) is 1.00. The van der Waals surface area contributed by atoms with Gasteiger partial charge in [-0.25, -0.2) is 0 Å². The Bertz CT molecular complexity index is 135. The van der Waals surface area contributed by atoms with E-state index in [-0.39, 0.29) is 0 Å². The van der Waals surface area contributed by atoms with Gasteiger partial charge in [0, 0.05) is 13.1 Å². The van der Waals surface area contributed by atoms with Crippen molar-refractivity contribution in [3.05, 3.63) is 0 Å². The molecule has 2 bridgehead atoms. The van der Waals surface area contributed by atoms with Gasteiger partial charge in [-0.15, -0.1) is 0 Å². The van der Waals surface area contributed by atoms with Crippen LogP contribution in [0.1, 0.15) is 25.7 Å². The molecule has 2 atom stereocenters. The Morgan fingerprint density at radius 3 is 2.42 bits per heavy atom. The third-order valence-corrected chi connectivity index (χ3v) is 3.36. The predicted molar refractivity (Wildman–Crippen MR) is 50.9 cm³/mol. The number of hydrogen-bond acceptors (Lipinski definition) is 2. The van der Waals surface area contributed by atoms with Crippen LogP contribution in [0.4, 0.5) is 0 Å². The van der Waals surface area contributed by atoms with Gasteiger partial charge in [0.25, 0.3) is 0 Å². The predicted octanol–water partition coefficient (Wildman–Crippen LogP) is 1.07. The zero-order chi connectivity index (χ0) is 8.39. The molecule has 12 heavy (non-hydrogen) atoms. The second-order valence-electron chi connectivity index (χ2n) is 4.45. The summed E-state index contributed by atoms with van der Waals surface area (Å²) in [5.41, 5.74) is 5.50. The van der Waals surface area contributed by atoms with Gasteiger partial charge in [-0.05, 0) is 50.6 Å². The maximum atomic E-state index is 5.50. The van der Waals surface area contributed by atoms with Crippen molar-refractivity contribution >= 4 is 0 Å². The third-order valence-electron chi connectivity index (χ3n) is 3.36. The minimum Gasteiger partial charge on any atom is -0.330 e. The molecule has 0 radical (unpaired) electrons. The van der Waals surface area contributed by atoms with E-state index in [9.17, 15) is 0 Å². The lowest BCUT2D eigenvalue weighted by Crippen LogP contribution is -2.37. The SMILES string of the molecule is NCCCN1CC2CCC(C2)C1. The van der Waals surface area contributed by atoms with Crippen LogP contribution in [-0.2, 0) is 0 Å². The lowest BCUT2D eigenvalue weighted by atomic mass is 9.99. The van der Waals surface area contributed by atoms with Crippen LogP contribution in [0.25, 0.3) is 0 Å². The van der Waals surface area contributed by atoms with Crippen molar-refractivity contribution in [2.75, 3.05) is 26.2 Å². The fourth-order valence-electron chi connectivity index (χ4n) is 2.81. The minimum absolute atomic E-state index is 0.853. The number of hydrogen-bond donors (Lipinski definition) is 1. The summed E-state index contributed by atoms with van der Waals surface area (Å²) in [5, 5.41) is 0. The molecule has 1 heterocycles. The van der Waals surface area contributed by atoms with Crippen molar-refractivity contribution < 1.29 is 0 Å². The minimum atomic E-state index is 0.853. The van der Waals surface area contributed by atoms with E-state index < -0.39 is 0 Å². The molecule has 2 nitrogen and oxygen atoms in total. The average molecular weight is 168 g/mol. The second kappa shape index (κ2) is 3.75. The Morgan fingerprint density at radius 1 is 1.17 bits per heavy atom. The number of fused-ring (bicyclic) bond motifs is 2. The topological polar surface area (TPSA) is 29.3 Å². The molecular weight excluding hydrogens is 148 g/mol. The largest absolute Gasteiger partial charge is 0.330 e. The first-order chi connectivity index (χ1) is 5.88. The quantitative estimate of drug-likeness (QED) is 0.683. The van der Waals surface area contributed by atoms with Crippen LogP contribution in [-0.4, -0.2) is 31.1 Å². The number of piperidine rings is 1. The molecule has 0 spiro atoms. The van der Waals surface area contributed by atoms with Crippen molar-refractivity contribution in [1.82, 2.24) is 4.90 Å². The summed E-state index contributed by atoms with van der Waals surface area (Å²) >= 11 is 0. The van der Waals surface area contributed by atoms with Crippen LogP contribution >= 0.6 is 0 Å². The second-order valence-corrected chi connectivity index (χ2v) is 4.45. The molecule has 2 heteroatoms. The summed E-state index contributed by atoms with van der Waals surface area (Å²) in [6, 6.07) is 0. The summed E-state index contributed by atoms with van der Waals surface area (Å²) in [5.74, 6) is 2.06. The van der Waals surface area contributed by atoms with E-state index in [1.165, 1.54) is 45.3 Å². The van der Waals surface area contributed by atoms with Gasteiger partial charge in [-0.3, -0.25) is 0 Å². The molecule has 2 rings (SSSR count). The Kier molecular flexibility index (Phi) is 2.66. The highest BCUT2D eigenvalue weighted by atomic mass is 15.1. The van der Waals surface area contributed by atoms with E-state index in [1.807, 2.05) is 0 Å². The monoisotopic (exact) mass is 168 g/mol. The standard InChI is InChI=1S/C10H20N2/c11-4-1-5-12-7-9-2-3-10(6-9)8-12/h9-10H,1-8,11H2. The zero-order valence-corrected chi connectivity index (χ0v) is 7.84. The Hall–Kier alpha value is -0.0800. The van der Waals surface area contributed by atoms with Gasteiger partial charge in [0.2, 0.25) is 0 Å². The Labute approximate surface area is 75.1 Å². The van der Waals surface area contributed by atoms with Crippen molar-refractivity contribution in [1.29, 1.82) is 0 Å². The molecule has 2 fully saturated rings. The van der Waals surface area contributed by atoms with Gasteiger partial charge in [0.1, 0.15) is 0 Å². The van der Waals surface area contributed by atoms with Crippen molar-refractivity contribution in [2.24, 2.45) is 17.6 Å². The van der Waals surface area contributed by atoms with E-state index in [0.717, 1.165) is 18.4 Å². The molecule has 1 aliphatic carbocycles. The number of likely N-dealkylation sites (tertiary alicyclic amines) is 1. The molecule has 1 saturated carbocycles. The first-order valence-corrected chi connectivity index (χ1v) is 5.31. The molecular formula is C10H20N2. The van der Waals surface area contributed by atoms with E-state index >= 15 is 0 Å². The van der Waals surface area contributed by atoms with E-state index in [0.29, 0.717) is 0 Å². The van der Waals surface area contributed by atoms with Gasteiger partial charge in [0.05, 0.1) is 0 Å². The Balaban J connectivity index is 1.78. The first-order valence-electron chi connectivity index (χ1n) is 5.31. The number of rotatable bonds is 3. The lowest BCUT2D eigenvalue weighted by Gasteiger charge is -2.31. The summed E-state index contributed by atoms with van der Waals surface area (Å²) in [6.45, 7) is 4.81. The molecule has 2 aliphatic rings. The highest BCUT2D eigenvalue weighted by molar-refractivity contribution is 4.85. The molecule has 0 aromatic carbocycles. The van der Waals surface area contributed by atoms with Crippen molar-refractivity contribution in [3.8, 4) is 0 Å². The highest BCUT2D eigenvalue weighted by Crippen LogP contribution is 2.36. The normalized spacial score (nSPS) is 35.8. The number of nitrogens with zero attached hydrogens (tertiary/aromatic N) is 1. The summed E-state index contributed by atoms with van der Waals surface area (Å²) in [6.07, 6.45) is 5.67. The number of nitrogens with two attached hydrogens (primary N) is 1. The van der Waals surface area contributed by atoms with Gasteiger partial charge < -0.3 is 10.6 Å². The van der Waals surface area contributed by atoms with Gasteiger partial charge in [0.15, 0.2) is 0 Å². The lowest BCUT2D eigenvalue weighted by molar-refractivity contribution is 0.167. The van der Waals surface area contributed by atoms with Crippen LogP contribution < -0.4 is 5.73 Å². The molecule has 2 unspecified atom stereocenters. The van der Waals surface area contributed by atoms with Crippen LogP contribution in [0, 0.1) is 11.8 Å². The maximum absolute atomic E-state index is 5.50. The van der Waals surface area contributed by atoms with E-state index in [1.54, 1.807) is 0 Å². The average Bonchev–Trinajstić information content (AvgIpc) is 2.42. The van der Waals surface area contributed by atoms with E-state index in [4.69, 9.17) is 5.73 Å². The summed E-state index contributed by atoms with van der Waals surface area (Å²) in [7, 11) is 0. The van der Waals surface area contributed by atoms with E-state index in [2.05, 4.69) is 4.90 Å². The van der Waals surface area contributed by atoms with Gasteiger partial charge >= 0.3 is 0 Å². The molecule has 0 aromatic heterocycles. The van der Waals surface area contributed by atoms with Gasteiger partial charge in [-0.1, -0.05) is 0 Å². The highest BCUT2D eigenvalue weighted by Gasteiger charge is 2.32. The zero-order valence-electron chi connectivity index (χ0n) is 7.84. The Morgan fingerprint density at radius 2 is 1.83 bits per heavy atom. The summed E-state index contributed by atoms with van der Waals surface area (Å²) < 4.78 is 0. The van der Waals surface area contributed by atoms with Crippen molar-refractivity contribution in [3.63, 3.8) is 0 Å². The fourth-order valence-corrected chi connectivity index (χ4v) is 2.81. The third kappa shape index (κ3) is 1.80. The molecule has 0 amide bonds. The van der Waals surface area contributed by atoms with Crippen LogP contribution in [0.15, 0.2) is 0 Å². The molecule has 0 aromatic rings. The first kappa shape index (κ1) is 8.52. The smallest absolute Gasteiger partial charge is 0.000989 e. The molecule has 1 aliphatic heterocycles. The van der Waals surface area contributed by atoms with Crippen molar-refractivity contribution in [2.45, 2.75) is 25.7 Å². The molecule has 70 valence electrons. The molecule has 1 saturated heterocycles. The van der Waals surface area contributed by atoms with Crippen LogP contribution in [0.3, 0.4) is 0 Å². The van der Waals surface area contributed by atoms with Crippen LogP contribution in [0.5, 0.6) is 0 Å². The maximum Gasteiger partial charge on any atom is 0.000989 e. The van der Waals surface area contributed by atoms with Crippen LogP contribution in [0.2, 0.25) is 0 Å².